The summed E-state index contributed by atoms with van der Waals surface area (Å²) < 4.78 is 0. The van der Waals surface area contributed by atoms with Crippen LogP contribution < -0.4 is 5.73 Å². The Kier molecular flexibility index (Phi) is 2.56. The first-order chi connectivity index (χ1) is 9.60. The number of carboxylic acids is 1. The highest BCUT2D eigenvalue weighted by Crippen LogP contribution is 2.59. The summed E-state index contributed by atoms with van der Waals surface area (Å²) in [5.74, 6) is 3.08. The highest BCUT2D eigenvalue weighted by molar-refractivity contribution is 5.88. The molecule has 0 atom stereocenters. The smallest absolute Gasteiger partial charge is 0.335 e. The van der Waals surface area contributed by atoms with Crippen molar-refractivity contribution in [1.82, 2.24) is 4.98 Å². The van der Waals surface area contributed by atoms with E-state index in [2.05, 4.69) is 4.98 Å². The third-order valence-electron chi connectivity index (χ3n) is 5.68. The average molecular weight is 272 g/mol. The van der Waals surface area contributed by atoms with E-state index >= 15 is 0 Å². The van der Waals surface area contributed by atoms with Crippen molar-refractivity contribution in [2.45, 2.75) is 38.0 Å². The summed E-state index contributed by atoms with van der Waals surface area (Å²) in [6.45, 7) is 0. The summed E-state index contributed by atoms with van der Waals surface area (Å²) in [5.41, 5.74) is 7.02. The Morgan fingerprint density at radius 3 is 2.25 bits per heavy atom. The van der Waals surface area contributed by atoms with E-state index in [1.165, 1.54) is 38.2 Å². The number of rotatable bonds is 2. The Morgan fingerprint density at radius 2 is 1.70 bits per heavy atom. The van der Waals surface area contributed by atoms with Crippen LogP contribution >= 0.6 is 0 Å². The second-order valence-corrected chi connectivity index (χ2v) is 6.97. The van der Waals surface area contributed by atoms with E-state index in [4.69, 9.17) is 5.73 Å². The lowest BCUT2D eigenvalue weighted by Gasteiger charge is -2.54. The van der Waals surface area contributed by atoms with Gasteiger partial charge in [0.2, 0.25) is 0 Å². The molecule has 4 nitrogen and oxygen atoms in total. The van der Waals surface area contributed by atoms with Gasteiger partial charge in [0.05, 0.1) is 5.56 Å². The lowest BCUT2D eigenvalue weighted by Crippen LogP contribution is -2.44. The number of nitrogens with two attached hydrogens (primary N) is 1. The maximum absolute atomic E-state index is 11.2. The molecule has 4 saturated carbocycles. The first-order valence-electron chi connectivity index (χ1n) is 7.61. The maximum Gasteiger partial charge on any atom is 0.335 e. The molecule has 1 heterocycles. The Bertz CT molecular complexity index is 542. The normalized spacial score (nSPS) is 38.1. The molecule has 3 N–H and O–H groups in total. The van der Waals surface area contributed by atoms with Crippen LogP contribution in [0.5, 0.6) is 0 Å². The molecular formula is C16H20N2O2. The van der Waals surface area contributed by atoms with E-state index in [-0.39, 0.29) is 5.56 Å². The van der Waals surface area contributed by atoms with Crippen LogP contribution in [0.15, 0.2) is 12.1 Å². The van der Waals surface area contributed by atoms with Crippen LogP contribution in [-0.4, -0.2) is 16.1 Å². The minimum atomic E-state index is -0.913. The first kappa shape index (κ1) is 12.2. The van der Waals surface area contributed by atoms with Crippen LogP contribution in [0.3, 0.4) is 0 Å². The molecule has 5 rings (SSSR count). The van der Waals surface area contributed by atoms with Crippen LogP contribution in [0.4, 0.5) is 5.82 Å². The molecule has 0 spiro atoms. The Balaban J connectivity index is 1.72. The number of nitrogen functional groups attached to an aromatic ring is 1. The van der Waals surface area contributed by atoms with Gasteiger partial charge >= 0.3 is 5.97 Å². The molecule has 1 aromatic rings. The van der Waals surface area contributed by atoms with Crippen molar-refractivity contribution in [3.05, 3.63) is 23.4 Å². The molecule has 4 heteroatoms. The molecule has 0 saturated heterocycles. The average Bonchev–Trinajstić information content (AvgIpc) is 2.36. The van der Waals surface area contributed by atoms with Crippen molar-refractivity contribution in [2.75, 3.05) is 5.73 Å². The number of aromatic carboxylic acids is 1. The second-order valence-electron chi connectivity index (χ2n) is 6.97. The topological polar surface area (TPSA) is 76.2 Å². The van der Waals surface area contributed by atoms with Gasteiger partial charge in [-0.25, -0.2) is 9.78 Å². The fraction of sp³-hybridized carbons (Fsp3) is 0.625. The van der Waals surface area contributed by atoms with Gasteiger partial charge in [0.15, 0.2) is 0 Å². The summed E-state index contributed by atoms with van der Waals surface area (Å²) >= 11 is 0. The van der Waals surface area contributed by atoms with E-state index in [1.54, 1.807) is 6.07 Å². The number of carbonyl (C=O) groups is 1. The fourth-order valence-electron chi connectivity index (χ4n) is 5.28. The lowest BCUT2D eigenvalue weighted by atomic mass is 9.51. The van der Waals surface area contributed by atoms with Gasteiger partial charge in [-0.2, -0.15) is 0 Å². The third-order valence-corrected chi connectivity index (χ3v) is 5.68. The zero-order valence-corrected chi connectivity index (χ0v) is 11.5. The summed E-state index contributed by atoms with van der Waals surface area (Å²) in [7, 11) is 0. The number of aromatic nitrogens is 1. The van der Waals surface area contributed by atoms with Crippen LogP contribution in [0, 0.1) is 23.7 Å². The molecule has 0 aliphatic heterocycles. The van der Waals surface area contributed by atoms with E-state index in [1.807, 2.05) is 0 Å². The number of hydrogen-bond acceptors (Lipinski definition) is 3. The minimum absolute atomic E-state index is 0.279. The summed E-state index contributed by atoms with van der Waals surface area (Å²) in [6.07, 6.45) is 6.63. The Labute approximate surface area is 118 Å². The number of nitrogens with zero attached hydrogens (tertiary/aromatic N) is 1. The Hall–Kier alpha value is -1.58. The lowest BCUT2D eigenvalue weighted by molar-refractivity contribution is -0.00414. The molecule has 1 aromatic heterocycles. The predicted molar refractivity (Wildman–Crippen MR) is 75.4 cm³/mol. The number of hydrogen-bond donors (Lipinski definition) is 2. The van der Waals surface area contributed by atoms with Crippen LogP contribution in [-0.2, 0) is 0 Å². The van der Waals surface area contributed by atoms with Crippen molar-refractivity contribution in [2.24, 2.45) is 23.7 Å². The van der Waals surface area contributed by atoms with E-state index in [9.17, 15) is 9.90 Å². The number of carboxylic acid groups (broad SMARTS) is 1. The van der Waals surface area contributed by atoms with Gasteiger partial charge in [-0.3, -0.25) is 0 Å². The zero-order chi connectivity index (χ0) is 13.9. The molecule has 20 heavy (non-hydrogen) atoms. The molecule has 4 aliphatic rings. The van der Waals surface area contributed by atoms with Gasteiger partial charge in [-0.15, -0.1) is 0 Å². The SMILES string of the molecule is Nc1cc(C(=O)O)cc(C2C3CC4CC(C3)CC2C4)n1. The standard InChI is InChI=1S/C16H20N2O2/c17-14-7-12(16(19)20)6-13(18-14)15-10-2-8-1-9(4-10)5-11(15)3-8/h6-11,15H,1-5H2,(H2,17,18)(H,19,20). The van der Waals surface area contributed by atoms with Gasteiger partial charge in [0.25, 0.3) is 0 Å². The van der Waals surface area contributed by atoms with Crippen LogP contribution in [0.25, 0.3) is 0 Å². The third kappa shape index (κ3) is 1.81. The predicted octanol–water partition coefficient (Wildman–Crippen LogP) is 2.90. The molecular weight excluding hydrogens is 252 g/mol. The van der Waals surface area contributed by atoms with Gasteiger partial charge in [-0.05, 0) is 67.9 Å². The zero-order valence-electron chi connectivity index (χ0n) is 11.5. The molecule has 0 amide bonds. The van der Waals surface area contributed by atoms with Crippen molar-refractivity contribution >= 4 is 11.8 Å². The van der Waals surface area contributed by atoms with Crippen molar-refractivity contribution in [3.63, 3.8) is 0 Å². The van der Waals surface area contributed by atoms with E-state index < -0.39 is 5.97 Å². The summed E-state index contributed by atoms with van der Waals surface area (Å²) in [4.78, 5) is 15.7. The molecule has 0 unspecified atom stereocenters. The molecule has 4 fully saturated rings. The van der Waals surface area contributed by atoms with Gasteiger partial charge in [-0.1, -0.05) is 0 Å². The van der Waals surface area contributed by atoms with Crippen molar-refractivity contribution in [3.8, 4) is 0 Å². The molecule has 0 aromatic carbocycles. The van der Waals surface area contributed by atoms with Gasteiger partial charge < -0.3 is 10.8 Å². The fourth-order valence-corrected chi connectivity index (χ4v) is 5.28. The van der Waals surface area contributed by atoms with Gasteiger partial charge in [0.1, 0.15) is 5.82 Å². The first-order valence-corrected chi connectivity index (χ1v) is 7.61. The maximum atomic E-state index is 11.2. The highest BCUT2D eigenvalue weighted by atomic mass is 16.4. The van der Waals surface area contributed by atoms with E-state index in [0.29, 0.717) is 23.6 Å². The van der Waals surface area contributed by atoms with Crippen molar-refractivity contribution < 1.29 is 9.90 Å². The minimum Gasteiger partial charge on any atom is -0.478 e. The molecule has 4 aliphatic carbocycles. The number of anilines is 1. The molecule has 106 valence electrons. The largest absolute Gasteiger partial charge is 0.478 e. The van der Waals surface area contributed by atoms with Gasteiger partial charge in [0, 0.05) is 11.6 Å². The Morgan fingerprint density at radius 1 is 1.10 bits per heavy atom. The van der Waals surface area contributed by atoms with Crippen LogP contribution in [0.2, 0.25) is 0 Å². The van der Waals surface area contributed by atoms with Crippen LogP contribution in [0.1, 0.15) is 54.1 Å². The summed E-state index contributed by atoms with van der Waals surface area (Å²) in [5, 5.41) is 9.20. The quantitative estimate of drug-likeness (QED) is 0.868. The number of pyridine rings is 1. The molecule has 0 radical (unpaired) electrons. The summed E-state index contributed by atoms with van der Waals surface area (Å²) in [6, 6.07) is 3.22. The highest BCUT2D eigenvalue weighted by Gasteiger charge is 2.49. The van der Waals surface area contributed by atoms with E-state index in [0.717, 1.165) is 17.5 Å². The van der Waals surface area contributed by atoms with Crippen molar-refractivity contribution in [1.29, 1.82) is 0 Å². The monoisotopic (exact) mass is 272 g/mol. The molecule has 4 bridgehead atoms. The second kappa shape index (κ2) is 4.21.